The lowest BCUT2D eigenvalue weighted by molar-refractivity contribution is 0.211. The molecule has 1 aromatic rings. The van der Waals surface area contributed by atoms with Crippen molar-refractivity contribution in [2.45, 2.75) is 12.3 Å². The van der Waals surface area contributed by atoms with Gasteiger partial charge in [-0.2, -0.15) is 0 Å². The van der Waals surface area contributed by atoms with Crippen molar-refractivity contribution in [3.8, 4) is 11.5 Å². The van der Waals surface area contributed by atoms with Crippen LogP contribution in [0.15, 0.2) is 18.2 Å². The number of hydrogen-bond donors (Lipinski definition) is 2. The fourth-order valence-electron chi connectivity index (χ4n) is 2.36. The Morgan fingerprint density at radius 2 is 2.18 bits per heavy atom. The van der Waals surface area contributed by atoms with Crippen LogP contribution >= 0.6 is 0 Å². The number of rotatable bonds is 5. The summed E-state index contributed by atoms with van der Waals surface area (Å²) in [7, 11) is 3.29. The second kappa shape index (κ2) is 4.55. The standard InChI is InChI=1S/C13H19NO3/c1-16-9-3-4-12(17-2)10(5-9)11-6-13(11,7-14)8-15/h3-5,11,15H,6-8,14H2,1-2H3/t11-,13+/m0/s1. The molecule has 0 amide bonds. The molecule has 2 rings (SSSR count). The van der Waals surface area contributed by atoms with Gasteiger partial charge in [0, 0.05) is 17.5 Å². The predicted octanol–water partition coefficient (Wildman–Crippen LogP) is 1.13. The van der Waals surface area contributed by atoms with Gasteiger partial charge in [0.25, 0.3) is 0 Å². The smallest absolute Gasteiger partial charge is 0.122 e. The first-order valence-corrected chi connectivity index (χ1v) is 5.73. The van der Waals surface area contributed by atoms with E-state index in [0.29, 0.717) is 6.54 Å². The maximum Gasteiger partial charge on any atom is 0.122 e. The van der Waals surface area contributed by atoms with E-state index in [2.05, 4.69) is 0 Å². The Hall–Kier alpha value is -1.26. The molecular formula is C13H19NO3. The van der Waals surface area contributed by atoms with Crippen molar-refractivity contribution in [1.82, 2.24) is 0 Å². The molecule has 4 heteroatoms. The summed E-state index contributed by atoms with van der Waals surface area (Å²) in [6.45, 7) is 0.614. The molecule has 1 aromatic carbocycles. The SMILES string of the molecule is COc1ccc(OC)c([C@@H]2C[C@@]2(CN)CO)c1. The van der Waals surface area contributed by atoms with Crippen molar-refractivity contribution < 1.29 is 14.6 Å². The van der Waals surface area contributed by atoms with Crippen LogP contribution in [0.4, 0.5) is 0 Å². The molecule has 1 saturated carbocycles. The molecule has 94 valence electrons. The van der Waals surface area contributed by atoms with E-state index in [1.54, 1.807) is 14.2 Å². The third kappa shape index (κ3) is 1.98. The summed E-state index contributed by atoms with van der Waals surface area (Å²) in [5.74, 6) is 1.90. The van der Waals surface area contributed by atoms with E-state index in [9.17, 15) is 5.11 Å². The molecule has 0 aromatic heterocycles. The minimum atomic E-state index is -0.167. The maximum atomic E-state index is 9.43. The molecule has 0 heterocycles. The van der Waals surface area contributed by atoms with Crippen molar-refractivity contribution >= 4 is 0 Å². The first-order valence-electron chi connectivity index (χ1n) is 5.73. The quantitative estimate of drug-likeness (QED) is 0.805. The maximum absolute atomic E-state index is 9.43. The third-order valence-electron chi connectivity index (χ3n) is 3.72. The molecule has 0 spiro atoms. The average Bonchev–Trinajstić information content (AvgIpc) is 3.13. The zero-order valence-electron chi connectivity index (χ0n) is 10.3. The van der Waals surface area contributed by atoms with Crippen molar-refractivity contribution in [3.05, 3.63) is 23.8 Å². The number of methoxy groups -OCH3 is 2. The normalized spacial score (nSPS) is 26.7. The lowest BCUT2D eigenvalue weighted by Crippen LogP contribution is -2.21. The summed E-state index contributed by atoms with van der Waals surface area (Å²) < 4.78 is 10.6. The van der Waals surface area contributed by atoms with Gasteiger partial charge in [0.2, 0.25) is 0 Å². The zero-order valence-corrected chi connectivity index (χ0v) is 10.3. The van der Waals surface area contributed by atoms with Crippen LogP contribution in [0.5, 0.6) is 11.5 Å². The molecule has 1 aliphatic rings. The number of nitrogens with two attached hydrogens (primary N) is 1. The minimum Gasteiger partial charge on any atom is -0.497 e. The molecule has 0 unspecified atom stereocenters. The number of hydrogen-bond acceptors (Lipinski definition) is 4. The summed E-state index contributed by atoms with van der Waals surface area (Å²) in [4.78, 5) is 0. The van der Waals surface area contributed by atoms with Gasteiger partial charge in [0.05, 0.1) is 20.8 Å². The Kier molecular flexibility index (Phi) is 3.26. The molecule has 1 fully saturated rings. The summed E-state index contributed by atoms with van der Waals surface area (Å²) in [5, 5.41) is 9.43. The third-order valence-corrected chi connectivity index (χ3v) is 3.72. The Morgan fingerprint density at radius 1 is 1.41 bits per heavy atom. The molecule has 17 heavy (non-hydrogen) atoms. The van der Waals surface area contributed by atoms with Crippen LogP contribution < -0.4 is 15.2 Å². The molecule has 4 nitrogen and oxygen atoms in total. The van der Waals surface area contributed by atoms with Gasteiger partial charge in [-0.05, 0) is 30.5 Å². The van der Waals surface area contributed by atoms with E-state index < -0.39 is 0 Å². The van der Waals surface area contributed by atoms with Crippen LogP contribution in [0.2, 0.25) is 0 Å². The van der Waals surface area contributed by atoms with Gasteiger partial charge >= 0.3 is 0 Å². The summed E-state index contributed by atoms with van der Waals surface area (Å²) in [6, 6.07) is 5.73. The number of aliphatic hydroxyl groups excluding tert-OH is 1. The average molecular weight is 237 g/mol. The second-order valence-corrected chi connectivity index (χ2v) is 4.59. The summed E-state index contributed by atoms with van der Waals surface area (Å²) >= 11 is 0. The van der Waals surface area contributed by atoms with Crippen LogP contribution in [0.3, 0.4) is 0 Å². The van der Waals surface area contributed by atoms with Gasteiger partial charge < -0.3 is 20.3 Å². The van der Waals surface area contributed by atoms with Crippen LogP contribution in [0, 0.1) is 5.41 Å². The number of ether oxygens (including phenoxy) is 2. The molecule has 1 aliphatic carbocycles. The lowest BCUT2D eigenvalue weighted by atomic mass is 9.99. The molecule has 3 N–H and O–H groups in total. The Labute approximate surface area is 101 Å². The highest BCUT2D eigenvalue weighted by molar-refractivity contribution is 5.46. The number of benzene rings is 1. The van der Waals surface area contributed by atoms with Crippen LogP contribution in [0.25, 0.3) is 0 Å². The Morgan fingerprint density at radius 3 is 2.65 bits per heavy atom. The Bertz CT molecular complexity index is 402. The minimum absolute atomic E-state index is 0.120. The molecule has 2 atom stereocenters. The van der Waals surface area contributed by atoms with E-state index >= 15 is 0 Å². The second-order valence-electron chi connectivity index (χ2n) is 4.59. The first-order chi connectivity index (χ1) is 8.20. The topological polar surface area (TPSA) is 64.7 Å². The first kappa shape index (κ1) is 12.2. The van der Waals surface area contributed by atoms with E-state index in [4.69, 9.17) is 15.2 Å². The largest absolute Gasteiger partial charge is 0.497 e. The van der Waals surface area contributed by atoms with Crippen molar-refractivity contribution in [1.29, 1.82) is 0 Å². The van der Waals surface area contributed by atoms with E-state index in [1.807, 2.05) is 18.2 Å². The fourth-order valence-corrected chi connectivity index (χ4v) is 2.36. The monoisotopic (exact) mass is 237 g/mol. The van der Waals surface area contributed by atoms with Gasteiger partial charge in [-0.3, -0.25) is 0 Å². The predicted molar refractivity (Wildman–Crippen MR) is 65.5 cm³/mol. The van der Waals surface area contributed by atoms with Gasteiger partial charge in [0.15, 0.2) is 0 Å². The fraction of sp³-hybridized carbons (Fsp3) is 0.538. The van der Waals surface area contributed by atoms with Crippen LogP contribution in [-0.4, -0.2) is 32.5 Å². The molecular weight excluding hydrogens is 218 g/mol. The molecule has 0 saturated heterocycles. The van der Waals surface area contributed by atoms with E-state index in [-0.39, 0.29) is 17.9 Å². The van der Waals surface area contributed by atoms with Crippen molar-refractivity contribution in [2.24, 2.45) is 11.1 Å². The van der Waals surface area contributed by atoms with Gasteiger partial charge in [-0.15, -0.1) is 0 Å². The zero-order chi connectivity index (χ0) is 12.5. The van der Waals surface area contributed by atoms with Crippen LogP contribution in [0.1, 0.15) is 17.9 Å². The van der Waals surface area contributed by atoms with Crippen molar-refractivity contribution in [2.75, 3.05) is 27.4 Å². The van der Waals surface area contributed by atoms with Gasteiger partial charge in [-0.1, -0.05) is 0 Å². The summed E-state index contributed by atoms with van der Waals surface area (Å²) in [6.07, 6.45) is 0.906. The highest BCUT2D eigenvalue weighted by Gasteiger charge is 2.54. The van der Waals surface area contributed by atoms with Crippen LogP contribution in [-0.2, 0) is 0 Å². The lowest BCUT2D eigenvalue weighted by Gasteiger charge is -2.14. The van der Waals surface area contributed by atoms with E-state index in [0.717, 1.165) is 23.5 Å². The number of aliphatic hydroxyl groups is 1. The molecule has 0 radical (unpaired) electrons. The summed E-state index contributed by atoms with van der Waals surface area (Å²) in [5.41, 5.74) is 6.65. The highest BCUT2D eigenvalue weighted by Crippen LogP contribution is 2.60. The highest BCUT2D eigenvalue weighted by atomic mass is 16.5. The van der Waals surface area contributed by atoms with Gasteiger partial charge in [0.1, 0.15) is 11.5 Å². The van der Waals surface area contributed by atoms with Crippen molar-refractivity contribution in [3.63, 3.8) is 0 Å². The van der Waals surface area contributed by atoms with E-state index in [1.165, 1.54) is 0 Å². The van der Waals surface area contributed by atoms with Gasteiger partial charge in [-0.25, -0.2) is 0 Å². The molecule has 0 bridgehead atoms. The molecule has 0 aliphatic heterocycles. The Balaban J connectivity index is 2.32.